The molecule has 1 N–H and O–H groups in total. The lowest BCUT2D eigenvalue weighted by molar-refractivity contribution is 0.102. The number of carbonyl (C=O) groups is 1. The van der Waals surface area contributed by atoms with Crippen LogP contribution in [0.4, 0.5) is 14.5 Å². The second kappa shape index (κ2) is 6.76. The Bertz CT molecular complexity index is 1060. The molecular weight excluding hydrogens is 364 g/mol. The molecule has 1 aromatic heterocycles. The molecule has 0 atom stereocenters. The third-order valence-corrected chi connectivity index (χ3v) is 4.36. The lowest BCUT2D eigenvalue weighted by Gasteiger charge is -2.07. The highest BCUT2D eigenvalue weighted by molar-refractivity contribution is 6.34. The molecule has 1 heterocycles. The van der Waals surface area contributed by atoms with Crippen molar-refractivity contribution < 1.29 is 13.6 Å². The van der Waals surface area contributed by atoms with Crippen molar-refractivity contribution in [3.05, 3.63) is 80.7 Å². The van der Waals surface area contributed by atoms with E-state index in [0.29, 0.717) is 23.5 Å². The number of aromatic nitrogens is 2. The van der Waals surface area contributed by atoms with Gasteiger partial charge in [-0.2, -0.15) is 0 Å². The SMILES string of the molecule is Cc1c(NC(=O)c2cc(F)c(F)cc2Cl)c(=O)n(-c2ccccc2)n1C. The molecule has 3 rings (SSSR count). The van der Waals surface area contributed by atoms with E-state index < -0.39 is 23.1 Å². The highest BCUT2D eigenvalue weighted by Gasteiger charge is 2.21. The molecule has 0 saturated carbocycles. The van der Waals surface area contributed by atoms with Gasteiger partial charge in [-0.1, -0.05) is 29.8 Å². The molecule has 0 radical (unpaired) electrons. The number of amides is 1. The maximum atomic E-state index is 13.4. The second-order valence-electron chi connectivity index (χ2n) is 5.64. The zero-order valence-corrected chi connectivity index (χ0v) is 14.6. The smallest absolute Gasteiger partial charge is 0.295 e. The molecule has 0 fully saturated rings. The van der Waals surface area contributed by atoms with Crippen molar-refractivity contribution in [3.63, 3.8) is 0 Å². The number of benzene rings is 2. The van der Waals surface area contributed by atoms with Gasteiger partial charge in [0.15, 0.2) is 11.6 Å². The summed E-state index contributed by atoms with van der Waals surface area (Å²) < 4.78 is 29.6. The van der Waals surface area contributed by atoms with Crippen LogP contribution in [-0.4, -0.2) is 15.3 Å². The van der Waals surface area contributed by atoms with Crippen LogP contribution in [0.15, 0.2) is 47.3 Å². The Morgan fingerprint density at radius 1 is 1.12 bits per heavy atom. The van der Waals surface area contributed by atoms with Crippen LogP contribution in [0.3, 0.4) is 0 Å². The standard InChI is InChI=1S/C18H14ClF2N3O2/c1-10-16(18(26)24(23(10)2)11-6-4-3-5-7-11)22-17(25)12-8-14(20)15(21)9-13(12)19/h3-9H,1-2H3,(H,22,25). The molecular formula is C18H14ClF2N3O2. The number of nitrogens with zero attached hydrogens (tertiary/aromatic N) is 2. The third-order valence-electron chi connectivity index (χ3n) is 4.05. The Kier molecular flexibility index (Phi) is 4.65. The lowest BCUT2D eigenvalue weighted by atomic mass is 10.2. The summed E-state index contributed by atoms with van der Waals surface area (Å²) in [4.78, 5) is 25.2. The van der Waals surface area contributed by atoms with E-state index in [1.165, 1.54) is 4.68 Å². The maximum absolute atomic E-state index is 13.4. The van der Waals surface area contributed by atoms with Crippen molar-refractivity contribution in [1.29, 1.82) is 0 Å². The first-order valence-corrected chi connectivity index (χ1v) is 7.99. The van der Waals surface area contributed by atoms with Crippen molar-refractivity contribution in [1.82, 2.24) is 9.36 Å². The van der Waals surface area contributed by atoms with Crippen molar-refractivity contribution in [2.24, 2.45) is 7.05 Å². The summed E-state index contributed by atoms with van der Waals surface area (Å²) in [6, 6.07) is 10.3. The van der Waals surface area contributed by atoms with E-state index in [9.17, 15) is 18.4 Å². The number of para-hydroxylation sites is 1. The number of nitrogens with one attached hydrogen (secondary N) is 1. The van der Waals surface area contributed by atoms with Gasteiger partial charge < -0.3 is 5.32 Å². The van der Waals surface area contributed by atoms with Gasteiger partial charge in [-0.3, -0.25) is 14.3 Å². The highest BCUT2D eigenvalue weighted by Crippen LogP contribution is 2.22. The molecule has 0 aliphatic carbocycles. The van der Waals surface area contributed by atoms with E-state index in [2.05, 4.69) is 5.32 Å². The van der Waals surface area contributed by atoms with Crippen LogP contribution >= 0.6 is 11.6 Å². The molecule has 8 heteroatoms. The van der Waals surface area contributed by atoms with Gasteiger partial charge in [-0.05, 0) is 31.2 Å². The van der Waals surface area contributed by atoms with Crippen LogP contribution in [0, 0.1) is 18.6 Å². The summed E-state index contributed by atoms with van der Waals surface area (Å²) in [5.74, 6) is -3.17. The van der Waals surface area contributed by atoms with Gasteiger partial charge in [0.2, 0.25) is 0 Å². The summed E-state index contributed by atoms with van der Waals surface area (Å²) in [5, 5.41) is 2.20. The summed E-state index contributed by atoms with van der Waals surface area (Å²) in [6.07, 6.45) is 0. The molecule has 0 spiro atoms. The number of anilines is 1. The highest BCUT2D eigenvalue weighted by atomic mass is 35.5. The van der Waals surface area contributed by atoms with E-state index in [1.54, 1.807) is 42.9 Å². The predicted octanol–water partition coefficient (Wildman–Crippen LogP) is 3.67. The molecule has 0 saturated heterocycles. The third kappa shape index (κ3) is 3.01. The minimum atomic E-state index is -1.20. The van der Waals surface area contributed by atoms with Gasteiger partial charge in [-0.25, -0.2) is 13.5 Å². The monoisotopic (exact) mass is 377 g/mol. The summed E-state index contributed by atoms with van der Waals surface area (Å²) in [6.45, 7) is 1.66. The predicted molar refractivity (Wildman–Crippen MR) is 95.1 cm³/mol. The van der Waals surface area contributed by atoms with Gasteiger partial charge in [0.1, 0.15) is 5.69 Å². The van der Waals surface area contributed by atoms with E-state index in [1.807, 2.05) is 6.07 Å². The molecule has 0 unspecified atom stereocenters. The summed E-state index contributed by atoms with van der Waals surface area (Å²) in [5.41, 5.74) is 0.422. The molecule has 3 aromatic rings. The second-order valence-corrected chi connectivity index (χ2v) is 6.04. The average Bonchev–Trinajstić information content (AvgIpc) is 2.82. The van der Waals surface area contributed by atoms with E-state index in [0.717, 1.165) is 0 Å². The molecule has 0 aliphatic heterocycles. The topological polar surface area (TPSA) is 56.0 Å². The van der Waals surface area contributed by atoms with Gasteiger partial charge in [0, 0.05) is 7.05 Å². The van der Waals surface area contributed by atoms with Crippen molar-refractivity contribution in [2.45, 2.75) is 6.92 Å². The number of hydrogen-bond acceptors (Lipinski definition) is 2. The van der Waals surface area contributed by atoms with Gasteiger partial charge in [-0.15, -0.1) is 0 Å². The van der Waals surface area contributed by atoms with Crippen LogP contribution in [0.25, 0.3) is 5.69 Å². The van der Waals surface area contributed by atoms with Crippen LogP contribution in [0.5, 0.6) is 0 Å². The van der Waals surface area contributed by atoms with Gasteiger partial charge in [0.25, 0.3) is 11.5 Å². The molecule has 2 aromatic carbocycles. The quantitative estimate of drug-likeness (QED) is 0.708. The van der Waals surface area contributed by atoms with Crippen molar-refractivity contribution in [3.8, 4) is 5.69 Å². The molecule has 0 bridgehead atoms. The van der Waals surface area contributed by atoms with Crippen LogP contribution in [0.1, 0.15) is 16.1 Å². The first kappa shape index (κ1) is 17.9. The maximum Gasteiger partial charge on any atom is 0.295 e. The zero-order chi connectivity index (χ0) is 19.0. The minimum Gasteiger partial charge on any atom is -0.316 e. The van der Waals surface area contributed by atoms with Crippen LogP contribution in [0.2, 0.25) is 5.02 Å². The molecule has 26 heavy (non-hydrogen) atoms. The fraction of sp³-hybridized carbons (Fsp3) is 0.111. The normalized spacial score (nSPS) is 10.8. The van der Waals surface area contributed by atoms with Crippen LogP contribution < -0.4 is 10.9 Å². The number of rotatable bonds is 3. The average molecular weight is 378 g/mol. The van der Waals surface area contributed by atoms with Crippen molar-refractivity contribution in [2.75, 3.05) is 5.32 Å². The molecule has 0 aliphatic rings. The summed E-state index contributed by atoms with van der Waals surface area (Å²) in [7, 11) is 1.67. The minimum absolute atomic E-state index is 0.0298. The van der Waals surface area contributed by atoms with E-state index in [4.69, 9.17) is 11.6 Å². The molecule has 1 amide bonds. The fourth-order valence-corrected chi connectivity index (χ4v) is 2.83. The molecule has 5 nitrogen and oxygen atoms in total. The Labute approximate surface area is 152 Å². The lowest BCUT2D eigenvalue weighted by Crippen LogP contribution is -2.23. The first-order chi connectivity index (χ1) is 12.3. The molecule has 134 valence electrons. The zero-order valence-electron chi connectivity index (χ0n) is 13.9. The Morgan fingerprint density at radius 3 is 2.38 bits per heavy atom. The Hall–Kier alpha value is -2.93. The largest absolute Gasteiger partial charge is 0.316 e. The van der Waals surface area contributed by atoms with Crippen molar-refractivity contribution >= 4 is 23.2 Å². The van der Waals surface area contributed by atoms with E-state index in [-0.39, 0.29) is 16.3 Å². The number of hydrogen-bond donors (Lipinski definition) is 1. The summed E-state index contributed by atoms with van der Waals surface area (Å²) >= 11 is 5.82. The Balaban J connectivity index is 2.03. The Morgan fingerprint density at radius 2 is 1.73 bits per heavy atom. The first-order valence-electron chi connectivity index (χ1n) is 7.61. The number of halogens is 3. The van der Waals surface area contributed by atoms with Crippen LogP contribution in [-0.2, 0) is 7.05 Å². The van der Waals surface area contributed by atoms with Gasteiger partial charge >= 0.3 is 0 Å². The number of carbonyl (C=O) groups excluding carboxylic acids is 1. The fourth-order valence-electron chi connectivity index (χ4n) is 2.59. The van der Waals surface area contributed by atoms with E-state index >= 15 is 0 Å². The van der Waals surface area contributed by atoms with Gasteiger partial charge in [0.05, 0.1) is 22.0 Å².